The number of rotatable bonds is 8. The topological polar surface area (TPSA) is 21.3 Å². The minimum absolute atomic E-state index is 0.312. The zero-order valence-electron chi connectivity index (χ0n) is 12.4. The number of halogens is 1. The lowest BCUT2D eigenvalue weighted by molar-refractivity contribution is 0.106. The van der Waals surface area contributed by atoms with Crippen LogP contribution in [0.2, 0.25) is 5.02 Å². The van der Waals surface area contributed by atoms with E-state index in [1.807, 2.05) is 36.4 Å². The molecule has 0 saturated carbocycles. The van der Waals surface area contributed by atoms with Gasteiger partial charge in [0.15, 0.2) is 0 Å². The molecule has 0 aliphatic carbocycles. The van der Waals surface area contributed by atoms with Crippen molar-refractivity contribution in [3.05, 3.63) is 70.7 Å². The van der Waals surface area contributed by atoms with Crippen molar-refractivity contribution >= 4 is 11.6 Å². The van der Waals surface area contributed by atoms with Gasteiger partial charge in [-0.05, 0) is 29.8 Å². The molecule has 0 aliphatic rings. The third kappa shape index (κ3) is 5.50. The van der Waals surface area contributed by atoms with Crippen LogP contribution in [0.15, 0.2) is 54.6 Å². The van der Waals surface area contributed by atoms with Gasteiger partial charge < -0.3 is 10.1 Å². The lowest BCUT2D eigenvalue weighted by Crippen LogP contribution is -2.24. The molecular formula is C18H22ClNO. The predicted octanol–water partition coefficient (Wildman–Crippen LogP) is 4.25. The summed E-state index contributed by atoms with van der Waals surface area (Å²) in [5.74, 6) is 0.312. The molecule has 1 N–H and O–H groups in total. The summed E-state index contributed by atoms with van der Waals surface area (Å²) >= 11 is 6.09. The van der Waals surface area contributed by atoms with Gasteiger partial charge in [-0.15, -0.1) is 0 Å². The Hall–Kier alpha value is -1.35. The van der Waals surface area contributed by atoms with Crippen LogP contribution in [0.5, 0.6) is 0 Å². The molecule has 0 fully saturated rings. The van der Waals surface area contributed by atoms with E-state index >= 15 is 0 Å². The molecule has 0 aromatic heterocycles. The highest BCUT2D eigenvalue weighted by molar-refractivity contribution is 6.30. The zero-order valence-corrected chi connectivity index (χ0v) is 13.1. The molecule has 2 rings (SSSR count). The fourth-order valence-corrected chi connectivity index (χ4v) is 2.44. The Morgan fingerprint density at radius 1 is 1.10 bits per heavy atom. The van der Waals surface area contributed by atoms with Crippen LogP contribution in [0.4, 0.5) is 0 Å². The monoisotopic (exact) mass is 303 g/mol. The van der Waals surface area contributed by atoms with E-state index in [2.05, 4.69) is 30.4 Å². The van der Waals surface area contributed by atoms with Crippen molar-refractivity contribution in [3.8, 4) is 0 Å². The normalized spacial score (nSPS) is 12.3. The summed E-state index contributed by atoms with van der Waals surface area (Å²) in [7, 11) is 0. The second-order valence-corrected chi connectivity index (χ2v) is 5.50. The van der Waals surface area contributed by atoms with E-state index in [1.54, 1.807) is 0 Å². The number of ether oxygens (including phenoxy) is 1. The lowest BCUT2D eigenvalue weighted by Gasteiger charge is -2.18. The second-order valence-electron chi connectivity index (χ2n) is 5.06. The first kappa shape index (κ1) is 16.0. The molecule has 2 aromatic carbocycles. The summed E-state index contributed by atoms with van der Waals surface area (Å²) in [6.07, 6.45) is 0. The maximum atomic E-state index is 6.09. The largest absolute Gasteiger partial charge is 0.376 e. The zero-order chi connectivity index (χ0) is 14.9. The molecule has 0 aliphatic heterocycles. The molecule has 2 aromatic rings. The van der Waals surface area contributed by atoms with Crippen LogP contribution in [-0.2, 0) is 11.3 Å². The van der Waals surface area contributed by atoms with Crippen molar-refractivity contribution in [2.75, 3.05) is 19.7 Å². The van der Waals surface area contributed by atoms with E-state index in [0.29, 0.717) is 19.1 Å². The fraction of sp³-hybridized carbons (Fsp3) is 0.333. The maximum Gasteiger partial charge on any atom is 0.0717 e. The first-order valence-corrected chi connectivity index (χ1v) is 7.75. The number of hydrogen-bond donors (Lipinski definition) is 1. The number of hydrogen-bond acceptors (Lipinski definition) is 2. The molecule has 0 saturated heterocycles. The maximum absolute atomic E-state index is 6.09. The van der Waals surface area contributed by atoms with Crippen LogP contribution in [0.25, 0.3) is 0 Å². The molecule has 112 valence electrons. The average Bonchev–Trinajstić information content (AvgIpc) is 2.51. The second kappa shape index (κ2) is 8.83. The Balaban J connectivity index is 1.93. The van der Waals surface area contributed by atoms with E-state index in [0.717, 1.165) is 18.1 Å². The van der Waals surface area contributed by atoms with Gasteiger partial charge in [-0.25, -0.2) is 0 Å². The van der Waals surface area contributed by atoms with Crippen molar-refractivity contribution in [3.63, 3.8) is 0 Å². The van der Waals surface area contributed by atoms with Crippen LogP contribution in [-0.4, -0.2) is 19.7 Å². The van der Waals surface area contributed by atoms with Crippen molar-refractivity contribution in [1.29, 1.82) is 0 Å². The molecule has 1 unspecified atom stereocenters. The van der Waals surface area contributed by atoms with E-state index in [-0.39, 0.29) is 0 Å². The van der Waals surface area contributed by atoms with Crippen LogP contribution in [0, 0.1) is 0 Å². The van der Waals surface area contributed by atoms with Gasteiger partial charge in [-0.2, -0.15) is 0 Å². The van der Waals surface area contributed by atoms with E-state index in [1.165, 1.54) is 11.1 Å². The Morgan fingerprint density at radius 3 is 2.62 bits per heavy atom. The van der Waals surface area contributed by atoms with Gasteiger partial charge in [-0.3, -0.25) is 0 Å². The predicted molar refractivity (Wildman–Crippen MR) is 88.8 cm³/mol. The third-order valence-electron chi connectivity index (χ3n) is 3.39. The summed E-state index contributed by atoms with van der Waals surface area (Å²) in [5, 5.41) is 4.17. The number of nitrogens with one attached hydrogen (secondary N) is 1. The first-order chi connectivity index (χ1) is 10.3. The summed E-state index contributed by atoms with van der Waals surface area (Å²) in [4.78, 5) is 0. The quantitative estimate of drug-likeness (QED) is 0.787. The Bertz CT molecular complexity index is 530. The Morgan fingerprint density at radius 2 is 1.90 bits per heavy atom. The molecule has 21 heavy (non-hydrogen) atoms. The van der Waals surface area contributed by atoms with Crippen LogP contribution in [0.3, 0.4) is 0 Å². The Labute approximate surface area is 132 Å². The summed E-state index contributed by atoms with van der Waals surface area (Å²) in [6.45, 7) is 5.29. The molecule has 0 heterocycles. The van der Waals surface area contributed by atoms with Gasteiger partial charge >= 0.3 is 0 Å². The highest BCUT2D eigenvalue weighted by atomic mass is 35.5. The molecule has 3 heteroatoms. The number of likely N-dealkylation sites (N-methyl/N-ethyl adjacent to an activating group) is 1. The van der Waals surface area contributed by atoms with Crippen LogP contribution >= 0.6 is 11.6 Å². The van der Waals surface area contributed by atoms with Gasteiger partial charge in [0.2, 0.25) is 0 Å². The van der Waals surface area contributed by atoms with Gasteiger partial charge in [-0.1, -0.05) is 61.0 Å². The molecule has 1 atom stereocenters. The van der Waals surface area contributed by atoms with E-state index < -0.39 is 0 Å². The fourth-order valence-electron chi connectivity index (χ4n) is 2.25. The summed E-state index contributed by atoms with van der Waals surface area (Å²) < 4.78 is 5.89. The minimum atomic E-state index is 0.312. The smallest absolute Gasteiger partial charge is 0.0717 e. The van der Waals surface area contributed by atoms with Crippen molar-refractivity contribution in [1.82, 2.24) is 5.32 Å². The molecule has 0 bridgehead atoms. The Kier molecular flexibility index (Phi) is 6.74. The van der Waals surface area contributed by atoms with Gasteiger partial charge in [0.1, 0.15) is 0 Å². The van der Waals surface area contributed by atoms with Gasteiger partial charge in [0.25, 0.3) is 0 Å². The number of benzene rings is 2. The molecule has 0 radical (unpaired) electrons. The first-order valence-electron chi connectivity index (χ1n) is 7.37. The molecule has 0 spiro atoms. The molecular weight excluding hydrogens is 282 g/mol. The summed E-state index contributed by atoms with van der Waals surface area (Å²) in [5.41, 5.74) is 2.42. The van der Waals surface area contributed by atoms with E-state index in [4.69, 9.17) is 16.3 Å². The average molecular weight is 304 g/mol. The standard InChI is InChI=1S/C18H22ClNO/c1-2-20-12-17(16-9-6-10-18(19)11-16)14-21-13-15-7-4-3-5-8-15/h3-11,17,20H,2,12-14H2,1H3. The minimum Gasteiger partial charge on any atom is -0.376 e. The SMILES string of the molecule is CCNCC(COCc1ccccc1)c1cccc(Cl)c1. The van der Waals surface area contributed by atoms with Gasteiger partial charge in [0, 0.05) is 17.5 Å². The third-order valence-corrected chi connectivity index (χ3v) is 3.63. The van der Waals surface area contributed by atoms with Crippen LogP contribution in [0.1, 0.15) is 24.0 Å². The van der Waals surface area contributed by atoms with Gasteiger partial charge in [0.05, 0.1) is 13.2 Å². The van der Waals surface area contributed by atoms with Crippen LogP contribution < -0.4 is 5.32 Å². The highest BCUT2D eigenvalue weighted by Crippen LogP contribution is 2.20. The highest BCUT2D eigenvalue weighted by Gasteiger charge is 2.12. The van der Waals surface area contributed by atoms with E-state index in [9.17, 15) is 0 Å². The summed E-state index contributed by atoms with van der Waals surface area (Å²) in [6, 6.07) is 18.3. The van der Waals surface area contributed by atoms with Crippen molar-refractivity contribution in [2.45, 2.75) is 19.4 Å². The lowest BCUT2D eigenvalue weighted by atomic mass is 10.00. The van der Waals surface area contributed by atoms with Crippen molar-refractivity contribution < 1.29 is 4.74 Å². The molecule has 0 amide bonds. The molecule has 2 nitrogen and oxygen atoms in total. The van der Waals surface area contributed by atoms with Crippen molar-refractivity contribution in [2.24, 2.45) is 0 Å².